The van der Waals surface area contributed by atoms with Gasteiger partial charge in [-0.25, -0.2) is 9.63 Å². The molecule has 0 bridgehead atoms. The van der Waals surface area contributed by atoms with Crippen LogP contribution < -0.4 is 9.57 Å². The zero-order chi connectivity index (χ0) is 21.4. The van der Waals surface area contributed by atoms with Gasteiger partial charge in [-0.3, -0.25) is 0 Å². The maximum absolute atomic E-state index is 12.2. The van der Waals surface area contributed by atoms with E-state index < -0.39 is 16.0 Å². The van der Waals surface area contributed by atoms with Gasteiger partial charge in [-0.05, 0) is 42.0 Å². The number of carbonyl (C=O) groups is 1. The molecule has 0 aliphatic carbocycles. The Bertz CT molecular complexity index is 1130. The van der Waals surface area contributed by atoms with Gasteiger partial charge >= 0.3 is 5.97 Å². The van der Waals surface area contributed by atoms with Gasteiger partial charge in [0.05, 0.1) is 23.8 Å². The first-order valence-electron chi connectivity index (χ1n) is 8.98. The first-order chi connectivity index (χ1) is 14.5. The van der Waals surface area contributed by atoms with Gasteiger partial charge in [-0.15, -0.1) is 0 Å². The fraction of sp³-hybridized carbons (Fsp3) is 0.0909. The summed E-state index contributed by atoms with van der Waals surface area (Å²) in [6, 6.07) is 22.0. The van der Waals surface area contributed by atoms with Gasteiger partial charge in [0.2, 0.25) is 0 Å². The molecular weight excluding hydrogens is 404 g/mol. The third-order valence-corrected chi connectivity index (χ3v) is 5.36. The quantitative estimate of drug-likeness (QED) is 0.340. The number of hydrazone groups is 1. The Morgan fingerprint density at radius 1 is 0.967 bits per heavy atom. The predicted octanol–water partition coefficient (Wildman–Crippen LogP) is 3.36. The number of hydrogen-bond donors (Lipinski definition) is 1. The third-order valence-electron chi connectivity index (χ3n) is 4.12. The third kappa shape index (κ3) is 5.45. The number of rotatable bonds is 8. The molecule has 8 heteroatoms. The van der Waals surface area contributed by atoms with Gasteiger partial charge < -0.3 is 9.47 Å². The van der Waals surface area contributed by atoms with Gasteiger partial charge in [0.25, 0.3) is 10.0 Å². The molecular formula is C22H20N2O5S. The van der Waals surface area contributed by atoms with E-state index in [1.54, 1.807) is 66.7 Å². The van der Waals surface area contributed by atoms with E-state index in [4.69, 9.17) is 4.74 Å². The van der Waals surface area contributed by atoms with Crippen molar-refractivity contribution in [3.63, 3.8) is 0 Å². The summed E-state index contributed by atoms with van der Waals surface area (Å²) in [6.07, 6.45) is 1.39. The fourth-order valence-corrected chi connectivity index (χ4v) is 3.36. The Morgan fingerprint density at radius 3 is 2.33 bits per heavy atom. The molecule has 0 aliphatic rings. The summed E-state index contributed by atoms with van der Waals surface area (Å²) in [5.41, 5.74) is 1.93. The molecule has 3 aromatic carbocycles. The summed E-state index contributed by atoms with van der Waals surface area (Å²) < 4.78 is 35.0. The van der Waals surface area contributed by atoms with Gasteiger partial charge in [0.15, 0.2) is 0 Å². The predicted molar refractivity (Wildman–Crippen MR) is 113 cm³/mol. The Balaban J connectivity index is 1.66. The van der Waals surface area contributed by atoms with E-state index in [1.807, 2.05) is 0 Å². The number of esters is 1. The van der Waals surface area contributed by atoms with E-state index in [9.17, 15) is 13.2 Å². The maximum Gasteiger partial charge on any atom is 0.337 e. The molecule has 0 saturated heterocycles. The molecule has 0 saturated carbocycles. The highest BCUT2D eigenvalue weighted by Gasteiger charge is 2.11. The molecule has 0 atom stereocenters. The highest BCUT2D eigenvalue weighted by Crippen LogP contribution is 2.18. The zero-order valence-electron chi connectivity index (χ0n) is 16.2. The number of nitrogens with zero attached hydrogens (tertiary/aromatic N) is 1. The molecule has 0 amide bonds. The van der Waals surface area contributed by atoms with E-state index in [0.29, 0.717) is 16.9 Å². The molecule has 0 unspecified atom stereocenters. The van der Waals surface area contributed by atoms with Crippen molar-refractivity contribution in [2.75, 3.05) is 7.11 Å². The molecule has 154 valence electrons. The highest BCUT2D eigenvalue weighted by atomic mass is 32.2. The van der Waals surface area contributed by atoms with Gasteiger partial charge in [-0.2, -0.15) is 13.5 Å². The Hall–Kier alpha value is -3.65. The second kappa shape index (κ2) is 9.71. The summed E-state index contributed by atoms with van der Waals surface area (Å²) in [6.45, 7) is 0.266. The molecule has 7 nitrogen and oxygen atoms in total. The van der Waals surface area contributed by atoms with Crippen LogP contribution in [0.2, 0.25) is 0 Å². The largest absolute Gasteiger partial charge is 0.488 e. The van der Waals surface area contributed by atoms with Crippen LogP contribution in [-0.4, -0.2) is 27.7 Å². The van der Waals surface area contributed by atoms with E-state index in [1.165, 1.54) is 25.5 Å². The van der Waals surface area contributed by atoms with Crippen LogP contribution in [-0.2, 0) is 21.4 Å². The van der Waals surface area contributed by atoms with Crippen molar-refractivity contribution in [1.29, 1.82) is 0 Å². The number of carbonyl (C=O) groups excluding carboxylic acids is 1. The van der Waals surface area contributed by atoms with Gasteiger partial charge in [-0.1, -0.05) is 42.5 Å². The Labute approximate surface area is 175 Å². The minimum absolute atomic E-state index is 0.127. The SMILES string of the molecule is COC(=O)c1ccc(COc2ccccc2/C=N\NS(=O)(=O)c2ccccc2)cc1. The maximum atomic E-state index is 12.2. The fourth-order valence-electron chi connectivity index (χ4n) is 2.55. The minimum Gasteiger partial charge on any atom is -0.488 e. The first kappa shape index (κ1) is 21.1. The lowest BCUT2D eigenvalue weighted by atomic mass is 10.1. The standard InChI is InChI=1S/C22H20N2O5S/c1-28-22(25)18-13-11-17(12-14-18)16-29-21-10-6-5-7-19(21)15-23-24-30(26,27)20-8-3-2-4-9-20/h2-15,24H,16H2,1H3/b23-15-. The summed E-state index contributed by atoms with van der Waals surface area (Å²) in [4.78, 5) is 13.8. The Kier molecular flexibility index (Phi) is 6.82. The smallest absolute Gasteiger partial charge is 0.337 e. The van der Waals surface area contributed by atoms with Crippen molar-refractivity contribution in [3.05, 3.63) is 95.6 Å². The van der Waals surface area contributed by atoms with Crippen molar-refractivity contribution < 1.29 is 22.7 Å². The molecule has 0 fully saturated rings. The second-order valence-corrected chi connectivity index (χ2v) is 7.84. The number of hydrogen-bond acceptors (Lipinski definition) is 6. The number of sulfonamides is 1. The second-order valence-electron chi connectivity index (χ2n) is 6.18. The first-order valence-corrected chi connectivity index (χ1v) is 10.5. The lowest BCUT2D eigenvalue weighted by molar-refractivity contribution is 0.0600. The molecule has 0 aliphatic heterocycles. The monoisotopic (exact) mass is 424 g/mol. The van der Waals surface area contributed by atoms with Crippen molar-refractivity contribution in [3.8, 4) is 5.75 Å². The summed E-state index contributed by atoms with van der Waals surface area (Å²) >= 11 is 0. The molecule has 3 rings (SSSR count). The average Bonchev–Trinajstić information content (AvgIpc) is 2.79. The molecule has 30 heavy (non-hydrogen) atoms. The molecule has 0 aromatic heterocycles. The van der Waals surface area contributed by atoms with Crippen LogP contribution in [0.5, 0.6) is 5.75 Å². The molecule has 1 N–H and O–H groups in total. The topological polar surface area (TPSA) is 94.1 Å². The molecule has 3 aromatic rings. The van der Waals surface area contributed by atoms with Gasteiger partial charge in [0.1, 0.15) is 12.4 Å². The van der Waals surface area contributed by atoms with Crippen LogP contribution in [0.25, 0.3) is 0 Å². The van der Waals surface area contributed by atoms with Crippen molar-refractivity contribution in [2.24, 2.45) is 5.10 Å². The lowest BCUT2D eigenvalue weighted by Crippen LogP contribution is -2.18. The summed E-state index contributed by atoms with van der Waals surface area (Å²) in [7, 11) is -2.41. The average molecular weight is 424 g/mol. The summed E-state index contributed by atoms with van der Waals surface area (Å²) in [5.74, 6) is 0.138. The minimum atomic E-state index is -3.74. The Morgan fingerprint density at radius 2 is 1.63 bits per heavy atom. The van der Waals surface area contributed by atoms with Crippen LogP contribution >= 0.6 is 0 Å². The number of benzene rings is 3. The zero-order valence-corrected chi connectivity index (χ0v) is 17.0. The highest BCUT2D eigenvalue weighted by molar-refractivity contribution is 7.89. The van der Waals surface area contributed by atoms with E-state index in [2.05, 4.69) is 14.7 Å². The van der Waals surface area contributed by atoms with Gasteiger partial charge in [0, 0.05) is 5.56 Å². The van der Waals surface area contributed by atoms with E-state index in [0.717, 1.165) is 5.56 Å². The van der Waals surface area contributed by atoms with Crippen molar-refractivity contribution >= 4 is 22.2 Å². The molecule has 0 spiro atoms. The van der Waals surface area contributed by atoms with Crippen molar-refractivity contribution in [1.82, 2.24) is 4.83 Å². The lowest BCUT2D eigenvalue weighted by Gasteiger charge is -2.09. The number of methoxy groups -OCH3 is 1. The van der Waals surface area contributed by atoms with E-state index in [-0.39, 0.29) is 11.5 Å². The normalized spacial score (nSPS) is 11.2. The number of para-hydroxylation sites is 1. The number of ether oxygens (including phenoxy) is 2. The molecule has 0 radical (unpaired) electrons. The van der Waals surface area contributed by atoms with Crippen LogP contribution in [0.3, 0.4) is 0 Å². The van der Waals surface area contributed by atoms with Crippen LogP contribution in [0, 0.1) is 0 Å². The molecule has 0 heterocycles. The van der Waals surface area contributed by atoms with E-state index >= 15 is 0 Å². The van der Waals surface area contributed by atoms with Crippen LogP contribution in [0.1, 0.15) is 21.5 Å². The summed E-state index contributed by atoms with van der Waals surface area (Å²) in [5, 5.41) is 3.85. The number of nitrogens with one attached hydrogen (secondary N) is 1. The van der Waals surface area contributed by atoms with Crippen LogP contribution in [0.4, 0.5) is 0 Å². The van der Waals surface area contributed by atoms with Crippen molar-refractivity contribution in [2.45, 2.75) is 11.5 Å². The van der Waals surface area contributed by atoms with Crippen LogP contribution in [0.15, 0.2) is 88.9 Å².